The van der Waals surface area contributed by atoms with Crippen molar-refractivity contribution in [1.29, 1.82) is 0 Å². The average Bonchev–Trinajstić information content (AvgIpc) is 2.17. The third-order valence-electron chi connectivity index (χ3n) is 1.96. The predicted molar refractivity (Wildman–Crippen MR) is 59.5 cm³/mol. The molecule has 0 aromatic rings. The molecule has 0 radical (unpaired) electrons. The van der Waals surface area contributed by atoms with E-state index in [1.54, 1.807) is 6.92 Å². The summed E-state index contributed by atoms with van der Waals surface area (Å²) in [5.41, 5.74) is 0.585. The van der Waals surface area contributed by atoms with Gasteiger partial charge in [-0.2, -0.15) is 0 Å². The molecule has 0 rings (SSSR count). The van der Waals surface area contributed by atoms with Crippen LogP contribution in [0.2, 0.25) is 6.04 Å². The lowest BCUT2D eigenvalue weighted by Crippen LogP contribution is -2.33. The van der Waals surface area contributed by atoms with Crippen LogP contribution in [0.15, 0.2) is 12.2 Å². The highest BCUT2D eigenvalue weighted by Gasteiger charge is 2.32. The number of ketones is 1. The predicted octanol–water partition coefficient (Wildman–Crippen LogP) is 2.38. The molecule has 0 N–H and O–H groups in total. The first kappa shape index (κ1) is 13.8. The third kappa shape index (κ3) is 4.90. The van der Waals surface area contributed by atoms with Crippen LogP contribution >= 0.6 is 11.1 Å². The minimum atomic E-state index is -2.51. The van der Waals surface area contributed by atoms with E-state index < -0.39 is 7.87 Å². The SMILES string of the molecule is C=C(C)C(=O)CCC[Si](Cl)(OC)OC. The fourth-order valence-corrected chi connectivity index (χ4v) is 2.54. The van der Waals surface area contributed by atoms with Crippen LogP contribution in [0.3, 0.4) is 0 Å². The summed E-state index contributed by atoms with van der Waals surface area (Å²) in [6.07, 6.45) is 1.15. The molecule has 3 nitrogen and oxygen atoms in total. The maximum atomic E-state index is 11.2. The highest BCUT2D eigenvalue weighted by atomic mass is 35.6. The van der Waals surface area contributed by atoms with E-state index in [0.717, 1.165) is 0 Å². The summed E-state index contributed by atoms with van der Waals surface area (Å²) < 4.78 is 10.2. The first-order chi connectivity index (χ1) is 6.45. The van der Waals surface area contributed by atoms with Gasteiger partial charge in [0.15, 0.2) is 5.78 Å². The first-order valence-electron chi connectivity index (χ1n) is 4.43. The highest BCUT2D eigenvalue weighted by Crippen LogP contribution is 2.20. The zero-order chi connectivity index (χ0) is 11.2. The highest BCUT2D eigenvalue weighted by molar-refractivity contribution is 7.12. The van der Waals surface area contributed by atoms with Gasteiger partial charge in [0.25, 0.3) is 0 Å². The van der Waals surface area contributed by atoms with Gasteiger partial charge in [-0.1, -0.05) is 17.7 Å². The number of rotatable bonds is 7. The smallest absolute Gasteiger partial charge is 0.386 e. The zero-order valence-electron chi connectivity index (χ0n) is 8.93. The summed E-state index contributed by atoms with van der Waals surface area (Å²) in [6, 6.07) is 0.612. The Morgan fingerprint density at radius 1 is 1.43 bits per heavy atom. The first-order valence-corrected chi connectivity index (χ1v) is 7.46. The van der Waals surface area contributed by atoms with Crippen LogP contribution in [0.1, 0.15) is 19.8 Å². The molecule has 14 heavy (non-hydrogen) atoms. The van der Waals surface area contributed by atoms with Crippen LogP contribution < -0.4 is 0 Å². The van der Waals surface area contributed by atoms with Crippen LogP contribution in [0, 0.1) is 0 Å². The monoisotopic (exact) mass is 236 g/mol. The molecule has 0 saturated carbocycles. The lowest BCUT2D eigenvalue weighted by Gasteiger charge is -2.18. The molecule has 0 aliphatic rings. The van der Waals surface area contributed by atoms with Crippen molar-refractivity contribution in [3.8, 4) is 0 Å². The summed E-state index contributed by atoms with van der Waals surface area (Å²) in [6.45, 7) is 5.29. The largest absolute Gasteiger partial charge is 0.442 e. The lowest BCUT2D eigenvalue weighted by atomic mass is 10.1. The molecule has 82 valence electrons. The van der Waals surface area contributed by atoms with Crippen molar-refractivity contribution in [2.45, 2.75) is 25.8 Å². The van der Waals surface area contributed by atoms with Gasteiger partial charge in [-0.05, 0) is 18.9 Å². The van der Waals surface area contributed by atoms with Gasteiger partial charge < -0.3 is 8.85 Å². The Balaban J connectivity index is 3.83. The normalized spacial score (nSPS) is 11.4. The quantitative estimate of drug-likeness (QED) is 0.387. The minimum absolute atomic E-state index is 0.0743. The molecular weight excluding hydrogens is 220 g/mol. The van der Waals surface area contributed by atoms with Gasteiger partial charge in [0.1, 0.15) is 0 Å². The maximum absolute atomic E-state index is 11.2. The zero-order valence-corrected chi connectivity index (χ0v) is 10.7. The van der Waals surface area contributed by atoms with Gasteiger partial charge in [0, 0.05) is 26.7 Å². The van der Waals surface area contributed by atoms with Gasteiger partial charge in [-0.25, -0.2) is 0 Å². The van der Waals surface area contributed by atoms with E-state index in [1.807, 2.05) is 0 Å². The number of allylic oxidation sites excluding steroid dienone is 1. The fourth-order valence-electron chi connectivity index (χ4n) is 0.961. The summed E-state index contributed by atoms with van der Waals surface area (Å²) in [5.74, 6) is 0.0743. The standard InChI is InChI=1S/C9H17ClO3Si/c1-8(2)9(11)6-5-7-14(10,12-3)13-4/h1,5-7H2,2-4H3. The van der Waals surface area contributed by atoms with Crippen molar-refractivity contribution in [3.63, 3.8) is 0 Å². The number of hydrogen-bond acceptors (Lipinski definition) is 3. The number of hydrogen-bond donors (Lipinski definition) is 0. The molecule has 0 fully saturated rings. The van der Waals surface area contributed by atoms with E-state index in [2.05, 4.69) is 6.58 Å². The van der Waals surface area contributed by atoms with Crippen LogP contribution in [0.4, 0.5) is 0 Å². The molecule has 0 heterocycles. The molecule has 0 atom stereocenters. The Morgan fingerprint density at radius 3 is 2.29 bits per heavy atom. The second kappa shape index (κ2) is 6.34. The van der Waals surface area contributed by atoms with Gasteiger partial charge in [-0.3, -0.25) is 4.79 Å². The van der Waals surface area contributed by atoms with Crippen LogP contribution in [0.25, 0.3) is 0 Å². The van der Waals surface area contributed by atoms with E-state index in [0.29, 0.717) is 24.5 Å². The maximum Gasteiger partial charge on any atom is 0.442 e. The molecule has 0 unspecified atom stereocenters. The Bertz CT molecular complexity index is 214. The van der Waals surface area contributed by atoms with Gasteiger partial charge in [0.05, 0.1) is 0 Å². The van der Waals surface area contributed by atoms with Crippen molar-refractivity contribution >= 4 is 24.7 Å². The van der Waals surface area contributed by atoms with Gasteiger partial charge in [-0.15, -0.1) is 0 Å². The summed E-state index contributed by atoms with van der Waals surface area (Å²) in [5, 5.41) is 0. The number of carbonyl (C=O) groups is 1. The molecule has 5 heteroatoms. The molecule has 0 aliphatic heterocycles. The van der Waals surface area contributed by atoms with Crippen molar-refractivity contribution in [1.82, 2.24) is 0 Å². The van der Waals surface area contributed by atoms with Crippen LogP contribution in [-0.2, 0) is 13.6 Å². The fraction of sp³-hybridized carbons (Fsp3) is 0.667. The van der Waals surface area contributed by atoms with E-state index in [4.69, 9.17) is 19.9 Å². The van der Waals surface area contributed by atoms with Crippen molar-refractivity contribution in [3.05, 3.63) is 12.2 Å². The molecular formula is C9H17ClO3Si. The average molecular weight is 237 g/mol. The minimum Gasteiger partial charge on any atom is -0.386 e. The summed E-state index contributed by atoms with van der Waals surface area (Å²) in [4.78, 5) is 11.2. The molecule has 0 aromatic heterocycles. The second-order valence-corrected chi connectivity index (χ2v) is 7.49. The van der Waals surface area contributed by atoms with E-state index >= 15 is 0 Å². The van der Waals surface area contributed by atoms with Crippen molar-refractivity contribution in [2.24, 2.45) is 0 Å². The lowest BCUT2D eigenvalue weighted by molar-refractivity contribution is -0.115. The Morgan fingerprint density at radius 2 is 1.93 bits per heavy atom. The molecule has 0 spiro atoms. The van der Waals surface area contributed by atoms with E-state index in [1.165, 1.54) is 14.2 Å². The van der Waals surface area contributed by atoms with Gasteiger partial charge >= 0.3 is 7.87 Å². The molecule has 0 saturated heterocycles. The van der Waals surface area contributed by atoms with Crippen molar-refractivity contribution in [2.75, 3.05) is 14.2 Å². The number of carbonyl (C=O) groups excluding carboxylic acids is 1. The molecule has 0 amide bonds. The Kier molecular flexibility index (Phi) is 6.27. The molecule has 0 bridgehead atoms. The summed E-state index contributed by atoms with van der Waals surface area (Å²) >= 11 is 6.03. The third-order valence-corrected chi connectivity index (χ3v) is 5.63. The van der Waals surface area contributed by atoms with Crippen LogP contribution in [0.5, 0.6) is 0 Å². The van der Waals surface area contributed by atoms with E-state index in [-0.39, 0.29) is 5.78 Å². The Labute approximate surface area is 91.0 Å². The molecule has 0 aliphatic carbocycles. The summed E-state index contributed by atoms with van der Waals surface area (Å²) in [7, 11) is 0.553. The van der Waals surface area contributed by atoms with Gasteiger partial charge in [0.2, 0.25) is 0 Å². The topological polar surface area (TPSA) is 35.5 Å². The number of halogens is 1. The van der Waals surface area contributed by atoms with Crippen LogP contribution in [-0.4, -0.2) is 27.9 Å². The second-order valence-electron chi connectivity index (χ2n) is 3.13. The molecule has 0 aromatic carbocycles. The Hall–Kier alpha value is -0.163. The number of Topliss-reactive ketones (excluding diaryl/α,β-unsaturated/α-hetero) is 1. The van der Waals surface area contributed by atoms with E-state index in [9.17, 15) is 4.79 Å². The van der Waals surface area contributed by atoms with Crippen molar-refractivity contribution < 1.29 is 13.6 Å².